The van der Waals surface area contributed by atoms with Gasteiger partial charge in [0.1, 0.15) is 17.4 Å². The maximum Gasteiger partial charge on any atom is 0.141 e. The third-order valence-electron chi connectivity index (χ3n) is 3.29. The lowest BCUT2D eigenvalue weighted by Gasteiger charge is -2.13. The summed E-state index contributed by atoms with van der Waals surface area (Å²) in [6, 6.07) is 11.6. The van der Waals surface area contributed by atoms with Crippen molar-refractivity contribution in [3.63, 3.8) is 0 Å². The summed E-state index contributed by atoms with van der Waals surface area (Å²) in [5, 5.41) is 9.38. The van der Waals surface area contributed by atoms with E-state index < -0.39 is 0 Å². The van der Waals surface area contributed by atoms with E-state index in [1.807, 2.05) is 30.5 Å². The number of phenolic OH excluding ortho intramolecular Hbond substituents is 1. The van der Waals surface area contributed by atoms with Crippen LogP contribution in [0.5, 0.6) is 5.75 Å². The Kier molecular flexibility index (Phi) is 2.93. The van der Waals surface area contributed by atoms with E-state index in [9.17, 15) is 9.50 Å². The average Bonchev–Trinajstić information content (AvgIpc) is 2.78. The van der Waals surface area contributed by atoms with Gasteiger partial charge in [-0.15, -0.1) is 0 Å². The molecule has 102 valence electrons. The number of halogens is 1. The maximum absolute atomic E-state index is 13.5. The van der Waals surface area contributed by atoms with Crippen molar-refractivity contribution in [1.82, 2.24) is 9.55 Å². The van der Waals surface area contributed by atoms with Gasteiger partial charge in [-0.3, -0.25) is 0 Å². The molecule has 20 heavy (non-hydrogen) atoms. The van der Waals surface area contributed by atoms with Crippen molar-refractivity contribution in [2.45, 2.75) is 19.9 Å². The van der Waals surface area contributed by atoms with Crippen LogP contribution < -0.4 is 0 Å². The van der Waals surface area contributed by atoms with Crippen molar-refractivity contribution in [3.8, 4) is 17.1 Å². The summed E-state index contributed by atoms with van der Waals surface area (Å²) in [6.07, 6.45) is 0. The number of imidazole rings is 1. The van der Waals surface area contributed by atoms with Gasteiger partial charge in [-0.25, -0.2) is 9.37 Å². The van der Waals surface area contributed by atoms with Gasteiger partial charge in [0.05, 0.1) is 11.0 Å². The second-order valence-corrected chi connectivity index (χ2v) is 5.08. The highest BCUT2D eigenvalue weighted by atomic mass is 19.1. The largest absolute Gasteiger partial charge is 0.508 e. The van der Waals surface area contributed by atoms with E-state index in [1.165, 1.54) is 12.1 Å². The summed E-state index contributed by atoms with van der Waals surface area (Å²) in [7, 11) is 0. The van der Waals surface area contributed by atoms with Gasteiger partial charge < -0.3 is 9.67 Å². The Morgan fingerprint density at radius 2 is 1.80 bits per heavy atom. The van der Waals surface area contributed by atoms with Gasteiger partial charge in [0.15, 0.2) is 0 Å². The topological polar surface area (TPSA) is 38.0 Å². The standard InChI is InChI=1S/C16H15FN2O/c1-10(2)19-15-9-12(17)5-8-14(15)18-16(19)11-3-6-13(20)7-4-11/h3-10,20H,1-2H3. The minimum Gasteiger partial charge on any atom is -0.508 e. The molecule has 3 nitrogen and oxygen atoms in total. The van der Waals surface area contributed by atoms with E-state index >= 15 is 0 Å². The first-order valence-corrected chi connectivity index (χ1v) is 6.53. The zero-order valence-electron chi connectivity index (χ0n) is 11.3. The molecule has 0 bridgehead atoms. The van der Waals surface area contributed by atoms with Crippen molar-refractivity contribution in [1.29, 1.82) is 0 Å². The SMILES string of the molecule is CC(C)n1c(-c2ccc(O)cc2)nc2ccc(F)cc21. The molecule has 1 aromatic heterocycles. The molecule has 0 spiro atoms. The number of nitrogens with zero attached hydrogens (tertiary/aromatic N) is 2. The normalized spacial score (nSPS) is 11.4. The molecule has 0 aliphatic heterocycles. The number of hydrogen-bond acceptors (Lipinski definition) is 2. The fourth-order valence-electron chi connectivity index (χ4n) is 2.40. The molecule has 0 aliphatic rings. The van der Waals surface area contributed by atoms with Crippen molar-refractivity contribution >= 4 is 11.0 Å². The summed E-state index contributed by atoms with van der Waals surface area (Å²) >= 11 is 0. The smallest absolute Gasteiger partial charge is 0.141 e. The summed E-state index contributed by atoms with van der Waals surface area (Å²) in [5.74, 6) is 0.726. The number of benzene rings is 2. The lowest BCUT2D eigenvalue weighted by molar-refractivity contribution is 0.475. The summed E-state index contributed by atoms with van der Waals surface area (Å²) in [5.41, 5.74) is 2.44. The van der Waals surface area contributed by atoms with Crippen LogP contribution in [0.2, 0.25) is 0 Å². The number of phenols is 1. The van der Waals surface area contributed by atoms with Crippen LogP contribution >= 0.6 is 0 Å². The minimum absolute atomic E-state index is 0.158. The van der Waals surface area contributed by atoms with Gasteiger partial charge in [0.25, 0.3) is 0 Å². The summed E-state index contributed by atoms with van der Waals surface area (Å²) < 4.78 is 15.5. The van der Waals surface area contributed by atoms with Crippen LogP contribution in [0.1, 0.15) is 19.9 Å². The van der Waals surface area contributed by atoms with Gasteiger partial charge in [-0.2, -0.15) is 0 Å². The van der Waals surface area contributed by atoms with Crippen LogP contribution in [0.3, 0.4) is 0 Å². The molecule has 0 radical (unpaired) electrons. The van der Waals surface area contributed by atoms with Crippen LogP contribution in [0.25, 0.3) is 22.4 Å². The zero-order valence-corrected chi connectivity index (χ0v) is 11.3. The van der Waals surface area contributed by atoms with E-state index in [0.29, 0.717) is 0 Å². The van der Waals surface area contributed by atoms with E-state index in [-0.39, 0.29) is 17.6 Å². The van der Waals surface area contributed by atoms with E-state index in [0.717, 1.165) is 22.4 Å². The van der Waals surface area contributed by atoms with Crippen molar-refractivity contribution in [2.24, 2.45) is 0 Å². The minimum atomic E-state index is -0.267. The van der Waals surface area contributed by atoms with Crippen LogP contribution in [0, 0.1) is 5.82 Å². The van der Waals surface area contributed by atoms with Gasteiger partial charge in [0.2, 0.25) is 0 Å². The Bertz CT molecular complexity index is 760. The molecule has 0 atom stereocenters. The van der Waals surface area contributed by atoms with Gasteiger partial charge in [0, 0.05) is 11.6 Å². The first-order chi connectivity index (χ1) is 9.56. The fraction of sp³-hybridized carbons (Fsp3) is 0.188. The molecule has 0 amide bonds. The molecule has 3 aromatic rings. The number of hydrogen-bond donors (Lipinski definition) is 1. The molecule has 0 saturated heterocycles. The summed E-state index contributed by atoms with van der Waals surface area (Å²) in [4.78, 5) is 4.59. The average molecular weight is 270 g/mol. The molecule has 1 heterocycles. The number of rotatable bonds is 2. The first-order valence-electron chi connectivity index (χ1n) is 6.53. The van der Waals surface area contributed by atoms with Gasteiger partial charge in [-0.05, 0) is 56.3 Å². The maximum atomic E-state index is 13.5. The zero-order chi connectivity index (χ0) is 14.3. The van der Waals surface area contributed by atoms with Gasteiger partial charge >= 0.3 is 0 Å². The van der Waals surface area contributed by atoms with Crippen molar-refractivity contribution in [2.75, 3.05) is 0 Å². The highest BCUT2D eigenvalue weighted by Crippen LogP contribution is 2.29. The predicted octanol–water partition coefficient (Wildman–Crippen LogP) is 4.13. The van der Waals surface area contributed by atoms with Crippen LogP contribution in [-0.2, 0) is 0 Å². The molecule has 0 aliphatic carbocycles. The quantitative estimate of drug-likeness (QED) is 0.760. The van der Waals surface area contributed by atoms with Crippen LogP contribution in [0.4, 0.5) is 4.39 Å². The van der Waals surface area contributed by atoms with Crippen molar-refractivity contribution < 1.29 is 9.50 Å². The Hall–Kier alpha value is -2.36. The molecule has 0 unspecified atom stereocenters. The van der Waals surface area contributed by atoms with Crippen LogP contribution in [-0.4, -0.2) is 14.7 Å². The van der Waals surface area contributed by atoms with E-state index in [4.69, 9.17) is 0 Å². The Morgan fingerprint density at radius 3 is 2.45 bits per heavy atom. The highest BCUT2D eigenvalue weighted by Gasteiger charge is 2.15. The molecule has 0 fully saturated rings. The number of aromatic hydroxyl groups is 1. The van der Waals surface area contributed by atoms with Crippen LogP contribution in [0.15, 0.2) is 42.5 Å². The molecule has 1 N–H and O–H groups in total. The molecule has 4 heteroatoms. The van der Waals surface area contributed by atoms with E-state index in [2.05, 4.69) is 4.98 Å². The Morgan fingerprint density at radius 1 is 1.10 bits per heavy atom. The third kappa shape index (κ3) is 2.03. The lowest BCUT2D eigenvalue weighted by atomic mass is 10.2. The highest BCUT2D eigenvalue weighted by molar-refractivity contribution is 5.81. The molecule has 0 saturated carbocycles. The first kappa shape index (κ1) is 12.7. The fourth-order valence-corrected chi connectivity index (χ4v) is 2.40. The second kappa shape index (κ2) is 4.63. The van der Waals surface area contributed by atoms with Gasteiger partial charge in [-0.1, -0.05) is 0 Å². The molecular formula is C16H15FN2O. The third-order valence-corrected chi connectivity index (χ3v) is 3.29. The predicted molar refractivity (Wildman–Crippen MR) is 77.2 cm³/mol. The Labute approximate surface area is 116 Å². The second-order valence-electron chi connectivity index (χ2n) is 5.08. The van der Waals surface area contributed by atoms with Crippen molar-refractivity contribution in [3.05, 3.63) is 48.3 Å². The lowest BCUT2D eigenvalue weighted by Crippen LogP contribution is -2.03. The molecular weight excluding hydrogens is 255 g/mol. The summed E-state index contributed by atoms with van der Waals surface area (Å²) in [6.45, 7) is 4.08. The number of aromatic nitrogens is 2. The number of fused-ring (bicyclic) bond motifs is 1. The monoisotopic (exact) mass is 270 g/mol. The van der Waals surface area contributed by atoms with E-state index in [1.54, 1.807) is 18.2 Å². The molecule has 2 aromatic carbocycles. The molecule has 3 rings (SSSR count). The Balaban J connectivity index is 2.29.